The molecule has 0 unspecified atom stereocenters. The number of hydrogen-bond acceptors (Lipinski definition) is 4. The predicted octanol–water partition coefficient (Wildman–Crippen LogP) is 1.62. The Hall–Kier alpha value is -1.36. The third-order valence-electron chi connectivity index (χ3n) is 2.92. The van der Waals surface area contributed by atoms with Gasteiger partial charge in [0.1, 0.15) is 5.15 Å². The van der Waals surface area contributed by atoms with Gasteiger partial charge in [-0.1, -0.05) is 11.6 Å². The van der Waals surface area contributed by atoms with Gasteiger partial charge in [-0.15, -0.1) is 0 Å². The topological polar surface area (TPSA) is 46.8 Å². The first-order valence-corrected chi connectivity index (χ1v) is 5.74. The smallest absolute Gasteiger partial charge is 0.228 e. The van der Waals surface area contributed by atoms with Gasteiger partial charge >= 0.3 is 0 Å². The molecule has 84 valence electrons. The number of fused-ring (bicyclic) bond motifs is 1. The molecule has 6 heteroatoms. The van der Waals surface area contributed by atoms with E-state index in [1.165, 1.54) is 12.8 Å². The Bertz CT molecular complexity index is 529. The van der Waals surface area contributed by atoms with Gasteiger partial charge in [-0.05, 0) is 12.8 Å². The van der Waals surface area contributed by atoms with Crippen molar-refractivity contribution >= 4 is 28.6 Å². The van der Waals surface area contributed by atoms with Crippen molar-refractivity contribution in [3.63, 3.8) is 0 Å². The maximum Gasteiger partial charge on any atom is 0.228 e. The van der Waals surface area contributed by atoms with Crippen LogP contribution in [-0.4, -0.2) is 32.8 Å². The lowest BCUT2D eigenvalue weighted by Crippen LogP contribution is -2.20. The number of rotatable bonds is 1. The third kappa shape index (κ3) is 1.43. The van der Waals surface area contributed by atoms with E-state index >= 15 is 0 Å². The monoisotopic (exact) mass is 237 g/mol. The van der Waals surface area contributed by atoms with Gasteiger partial charge in [-0.2, -0.15) is 10.1 Å². The minimum Gasteiger partial charge on any atom is -0.341 e. The first-order valence-electron chi connectivity index (χ1n) is 5.36. The largest absolute Gasteiger partial charge is 0.341 e. The number of aromatic nitrogens is 4. The highest BCUT2D eigenvalue weighted by molar-refractivity contribution is 6.34. The van der Waals surface area contributed by atoms with Crippen LogP contribution in [0.15, 0.2) is 6.20 Å². The maximum absolute atomic E-state index is 6.12. The van der Waals surface area contributed by atoms with E-state index in [2.05, 4.69) is 20.0 Å². The Balaban J connectivity index is 2.15. The Morgan fingerprint density at radius 2 is 2.00 bits per heavy atom. The van der Waals surface area contributed by atoms with E-state index in [0.717, 1.165) is 30.1 Å². The van der Waals surface area contributed by atoms with Crippen LogP contribution in [0, 0.1) is 0 Å². The number of halogens is 1. The SMILES string of the molecule is Cn1ncc2c(Cl)nc(N3CCCC3)nc21. The Morgan fingerprint density at radius 1 is 1.25 bits per heavy atom. The van der Waals surface area contributed by atoms with Crippen molar-refractivity contribution in [2.45, 2.75) is 12.8 Å². The van der Waals surface area contributed by atoms with Gasteiger partial charge in [-0.25, -0.2) is 4.98 Å². The quantitative estimate of drug-likeness (QED) is 0.707. The second kappa shape index (κ2) is 3.59. The molecule has 1 saturated heterocycles. The fourth-order valence-electron chi connectivity index (χ4n) is 2.04. The van der Waals surface area contributed by atoms with E-state index in [0.29, 0.717) is 5.15 Å². The van der Waals surface area contributed by atoms with Crippen LogP contribution in [-0.2, 0) is 7.05 Å². The number of aryl methyl sites for hydroxylation is 1. The highest BCUT2D eigenvalue weighted by atomic mass is 35.5. The lowest BCUT2D eigenvalue weighted by Gasteiger charge is -2.14. The lowest BCUT2D eigenvalue weighted by atomic mass is 10.4. The fourth-order valence-corrected chi connectivity index (χ4v) is 2.24. The normalized spacial score (nSPS) is 16.2. The van der Waals surface area contributed by atoms with Crippen molar-refractivity contribution in [1.29, 1.82) is 0 Å². The van der Waals surface area contributed by atoms with Crippen LogP contribution >= 0.6 is 11.6 Å². The van der Waals surface area contributed by atoms with Crippen molar-refractivity contribution in [3.8, 4) is 0 Å². The van der Waals surface area contributed by atoms with Gasteiger partial charge in [0.25, 0.3) is 0 Å². The molecule has 2 aromatic heterocycles. The summed E-state index contributed by atoms with van der Waals surface area (Å²) in [6, 6.07) is 0. The van der Waals surface area contributed by atoms with E-state index in [1.807, 2.05) is 7.05 Å². The summed E-state index contributed by atoms with van der Waals surface area (Å²) < 4.78 is 1.72. The van der Waals surface area contributed by atoms with Crippen molar-refractivity contribution in [2.75, 3.05) is 18.0 Å². The minimum atomic E-state index is 0.486. The van der Waals surface area contributed by atoms with Crippen LogP contribution in [0.2, 0.25) is 5.15 Å². The zero-order valence-electron chi connectivity index (χ0n) is 9.02. The fraction of sp³-hybridized carbons (Fsp3) is 0.500. The molecule has 0 saturated carbocycles. The summed E-state index contributed by atoms with van der Waals surface area (Å²) in [5.41, 5.74) is 0.793. The van der Waals surface area contributed by atoms with Gasteiger partial charge in [0.05, 0.1) is 11.6 Å². The summed E-state index contributed by atoms with van der Waals surface area (Å²) in [7, 11) is 1.86. The molecule has 1 fully saturated rings. The number of hydrogen-bond donors (Lipinski definition) is 0. The van der Waals surface area contributed by atoms with Crippen LogP contribution in [0.25, 0.3) is 11.0 Å². The lowest BCUT2D eigenvalue weighted by molar-refractivity contribution is 0.782. The third-order valence-corrected chi connectivity index (χ3v) is 3.21. The molecule has 1 aliphatic rings. The van der Waals surface area contributed by atoms with Gasteiger partial charge in [0.2, 0.25) is 5.95 Å². The molecule has 0 N–H and O–H groups in total. The molecule has 1 aliphatic heterocycles. The molecule has 0 radical (unpaired) electrons. The summed E-state index contributed by atoms with van der Waals surface area (Å²) in [5, 5.41) is 5.43. The van der Waals surface area contributed by atoms with E-state index in [4.69, 9.17) is 11.6 Å². The molecule has 0 aromatic carbocycles. The maximum atomic E-state index is 6.12. The second-order valence-electron chi connectivity index (χ2n) is 4.01. The standard InChI is InChI=1S/C10H12ClN5/c1-15-9-7(6-12-15)8(11)13-10(14-9)16-4-2-3-5-16/h6H,2-5H2,1H3. The molecule has 0 spiro atoms. The number of nitrogens with zero attached hydrogens (tertiary/aromatic N) is 5. The molecular weight excluding hydrogens is 226 g/mol. The highest BCUT2D eigenvalue weighted by Crippen LogP contribution is 2.24. The first-order chi connectivity index (χ1) is 7.75. The zero-order chi connectivity index (χ0) is 11.1. The van der Waals surface area contributed by atoms with Crippen LogP contribution in [0.4, 0.5) is 5.95 Å². The van der Waals surface area contributed by atoms with E-state index < -0.39 is 0 Å². The molecule has 5 nitrogen and oxygen atoms in total. The molecule has 0 aliphatic carbocycles. The Kier molecular flexibility index (Phi) is 2.21. The molecule has 2 aromatic rings. The van der Waals surface area contributed by atoms with Gasteiger partial charge in [0.15, 0.2) is 5.65 Å². The van der Waals surface area contributed by atoms with Gasteiger partial charge < -0.3 is 4.90 Å². The molecule has 0 atom stereocenters. The number of anilines is 1. The van der Waals surface area contributed by atoms with Gasteiger partial charge in [-0.3, -0.25) is 4.68 Å². The predicted molar refractivity (Wildman–Crippen MR) is 62.8 cm³/mol. The molecule has 0 amide bonds. The summed E-state index contributed by atoms with van der Waals surface area (Å²) in [4.78, 5) is 11.0. The summed E-state index contributed by atoms with van der Waals surface area (Å²) in [6.07, 6.45) is 4.10. The van der Waals surface area contributed by atoms with Gasteiger partial charge in [0, 0.05) is 20.1 Å². The van der Waals surface area contributed by atoms with Crippen molar-refractivity contribution in [2.24, 2.45) is 7.05 Å². The Morgan fingerprint density at radius 3 is 2.75 bits per heavy atom. The molecule has 16 heavy (non-hydrogen) atoms. The zero-order valence-corrected chi connectivity index (χ0v) is 9.78. The first kappa shape index (κ1) is 9.84. The molecule has 0 bridgehead atoms. The van der Waals surface area contributed by atoms with Crippen molar-refractivity contribution in [3.05, 3.63) is 11.3 Å². The average Bonchev–Trinajstić information content (AvgIpc) is 2.88. The van der Waals surface area contributed by atoms with Crippen molar-refractivity contribution < 1.29 is 0 Å². The second-order valence-corrected chi connectivity index (χ2v) is 4.37. The van der Waals surface area contributed by atoms with Crippen LogP contribution in [0.1, 0.15) is 12.8 Å². The summed E-state index contributed by atoms with van der Waals surface area (Å²) in [6.45, 7) is 2.03. The molecule has 3 heterocycles. The molecular formula is C10H12ClN5. The molecule has 3 rings (SSSR count). The van der Waals surface area contributed by atoms with E-state index in [9.17, 15) is 0 Å². The van der Waals surface area contributed by atoms with E-state index in [-0.39, 0.29) is 0 Å². The summed E-state index contributed by atoms with van der Waals surface area (Å²) >= 11 is 6.12. The average molecular weight is 238 g/mol. The Labute approximate surface area is 98.0 Å². The van der Waals surface area contributed by atoms with E-state index in [1.54, 1.807) is 10.9 Å². The van der Waals surface area contributed by atoms with Crippen LogP contribution in [0.5, 0.6) is 0 Å². The van der Waals surface area contributed by atoms with Crippen LogP contribution in [0.3, 0.4) is 0 Å². The van der Waals surface area contributed by atoms with Crippen molar-refractivity contribution in [1.82, 2.24) is 19.7 Å². The summed E-state index contributed by atoms with van der Waals surface area (Å²) in [5.74, 6) is 0.721. The highest BCUT2D eigenvalue weighted by Gasteiger charge is 2.18. The van der Waals surface area contributed by atoms with Crippen LogP contribution < -0.4 is 4.90 Å². The minimum absolute atomic E-state index is 0.486.